The standard InChI is InChI=1S/C11H18F3NO4/c12-11(13,14)8-18-4-1-2-15-3-5-19-9(7-15)6-10(16)17/h9H,1-8H2,(H,16,17). The summed E-state index contributed by atoms with van der Waals surface area (Å²) in [5.41, 5.74) is 0. The van der Waals surface area contributed by atoms with Crippen molar-refractivity contribution < 1.29 is 32.5 Å². The zero-order valence-electron chi connectivity index (χ0n) is 10.5. The summed E-state index contributed by atoms with van der Waals surface area (Å²) in [6, 6.07) is 0. The van der Waals surface area contributed by atoms with Crippen molar-refractivity contribution in [2.24, 2.45) is 0 Å². The molecule has 1 rings (SSSR count). The van der Waals surface area contributed by atoms with E-state index in [4.69, 9.17) is 9.84 Å². The molecule has 112 valence electrons. The Morgan fingerprint density at radius 2 is 2.21 bits per heavy atom. The SMILES string of the molecule is O=C(O)CC1CN(CCCOCC(F)(F)F)CCO1. The number of morpholine rings is 1. The molecule has 0 radical (unpaired) electrons. The maximum Gasteiger partial charge on any atom is 0.411 e. The molecule has 1 atom stereocenters. The molecule has 1 saturated heterocycles. The van der Waals surface area contributed by atoms with Crippen LogP contribution in [0, 0.1) is 0 Å². The zero-order valence-corrected chi connectivity index (χ0v) is 10.5. The van der Waals surface area contributed by atoms with Crippen LogP contribution < -0.4 is 0 Å². The summed E-state index contributed by atoms with van der Waals surface area (Å²) in [6.07, 6.45) is -4.20. The molecule has 0 aliphatic carbocycles. The van der Waals surface area contributed by atoms with Crippen molar-refractivity contribution in [3.63, 3.8) is 0 Å². The second-order valence-corrected chi connectivity index (χ2v) is 4.41. The first-order chi connectivity index (χ1) is 8.87. The topological polar surface area (TPSA) is 59.0 Å². The van der Waals surface area contributed by atoms with Crippen LogP contribution in [0.2, 0.25) is 0 Å². The molecule has 5 nitrogen and oxygen atoms in total. The van der Waals surface area contributed by atoms with Gasteiger partial charge in [-0.2, -0.15) is 13.2 Å². The number of nitrogens with zero attached hydrogens (tertiary/aromatic N) is 1. The van der Waals surface area contributed by atoms with Gasteiger partial charge in [0.1, 0.15) is 6.61 Å². The van der Waals surface area contributed by atoms with Crippen molar-refractivity contribution in [3.8, 4) is 0 Å². The van der Waals surface area contributed by atoms with Gasteiger partial charge in [-0.1, -0.05) is 0 Å². The molecule has 0 aromatic carbocycles. The van der Waals surface area contributed by atoms with Gasteiger partial charge in [-0.3, -0.25) is 9.69 Å². The molecular weight excluding hydrogens is 267 g/mol. The Hall–Kier alpha value is -0.860. The molecule has 0 aromatic heterocycles. The first-order valence-corrected chi connectivity index (χ1v) is 6.07. The maximum absolute atomic E-state index is 11.8. The highest BCUT2D eigenvalue weighted by Gasteiger charge is 2.27. The normalized spacial score (nSPS) is 21.5. The summed E-state index contributed by atoms with van der Waals surface area (Å²) in [5, 5.41) is 8.65. The number of carboxylic acids is 1. The van der Waals surface area contributed by atoms with E-state index >= 15 is 0 Å². The Kier molecular flexibility index (Phi) is 6.53. The van der Waals surface area contributed by atoms with E-state index in [9.17, 15) is 18.0 Å². The molecule has 0 bridgehead atoms. The number of ether oxygens (including phenoxy) is 2. The van der Waals surface area contributed by atoms with Crippen LogP contribution in [-0.2, 0) is 14.3 Å². The van der Waals surface area contributed by atoms with Gasteiger partial charge >= 0.3 is 12.1 Å². The van der Waals surface area contributed by atoms with Gasteiger partial charge in [-0.25, -0.2) is 0 Å². The number of hydrogen-bond donors (Lipinski definition) is 1. The van der Waals surface area contributed by atoms with Crippen molar-refractivity contribution in [2.75, 3.05) is 39.5 Å². The predicted octanol–water partition coefficient (Wildman–Crippen LogP) is 1.13. The summed E-state index contributed by atoms with van der Waals surface area (Å²) in [6.45, 7) is 0.998. The van der Waals surface area contributed by atoms with Gasteiger partial charge in [0.2, 0.25) is 0 Å². The average Bonchev–Trinajstić information content (AvgIpc) is 2.26. The highest BCUT2D eigenvalue weighted by molar-refractivity contribution is 5.67. The maximum atomic E-state index is 11.8. The van der Waals surface area contributed by atoms with Crippen molar-refractivity contribution >= 4 is 5.97 Å². The third-order valence-electron chi connectivity index (χ3n) is 2.65. The smallest absolute Gasteiger partial charge is 0.411 e. The van der Waals surface area contributed by atoms with Crippen LogP contribution >= 0.6 is 0 Å². The first-order valence-electron chi connectivity index (χ1n) is 6.07. The number of carbonyl (C=O) groups is 1. The van der Waals surface area contributed by atoms with E-state index in [2.05, 4.69) is 4.74 Å². The molecule has 8 heteroatoms. The van der Waals surface area contributed by atoms with Crippen molar-refractivity contribution in [1.29, 1.82) is 0 Å². The molecule has 0 spiro atoms. The lowest BCUT2D eigenvalue weighted by Crippen LogP contribution is -2.43. The fourth-order valence-corrected chi connectivity index (χ4v) is 1.88. The van der Waals surface area contributed by atoms with E-state index in [1.807, 2.05) is 4.90 Å². The Balaban J connectivity index is 2.10. The lowest BCUT2D eigenvalue weighted by atomic mass is 10.2. The van der Waals surface area contributed by atoms with E-state index in [1.165, 1.54) is 0 Å². The van der Waals surface area contributed by atoms with E-state index in [0.29, 0.717) is 32.7 Å². The predicted molar refractivity (Wildman–Crippen MR) is 59.9 cm³/mol. The Morgan fingerprint density at radius 1 is 1.47 bits per heavy atom. The average molecular weight is 285 g/mol. The minimum atomic E-state index is -4.29. The van der Waals surface area contributed by atoms with Gasteiger partial charge in [0.15, 0.2) is 0 Å². The van der Waals surface area contributed by atoms with Gasteiger partial charge in [0.05, 0.1) is 19.1 Å². The van der Waals surface area contributed by atoms with Crippen LogP contribution in [0.3, 0.4) is 0 Å². The second-order valence-electron chi connectivity index (χ2n) is 4.41. The minimum absolute atomic E-state index is 0.0421. The van der Waals surface area contributed by atoms with E-state index in [1.54, 1.807) is 0 Å². The number of carboxylic acid groups (broad SMARTS) is 1. The highest BCUT2D eigenvalue weighted by atomic mass is 19.4. The monoisotopic (exact) mass is 285 g/mol. The number of alkyl halides is 3. The largest absolute Gasteiger partial charge is 0.481 e. The Labute approximate surface area is 109 Å². The van der Waals surface area contributed by atoms with Crippen LogP contribution in [0.4, 0.5) is 13.2 Å². The summed E-state index contributed by atoms with van der Waals surface area (Å²) < 4.78 is 45.2. The van der Waals surface area contributed by atoms with Crippen LogP contribution in [0.1, 0.15) is 12.8 Å². The molecule has 1 aliphatic heterocycles. The molecule has 0 amide bonds. The van der Waals surface area contributed by atoms with Gasteiger partial charge in [0, 0.05) is 26.2 Å². The summed E-state index contributed by atoms with van der Waals surface area (Å²) >= 11 is 0. The molecule has 0 aromatic rings. The quantitative estimate of drug-likeness (QED) is 0.711. The van der Waals surface area contributed by atoms with Crippen molar-refractivity contribution in [2.45, 2.75) is 25.1 Å². The summed E-state index contributed by atoms with van der Waals surface area (Å²) in [7, 11) is 0. The van der Waals surface area contributed by atoms with Crippen molar-refractivity contribution in [1.82, 2.24) is 4.90 Å². The minimum Gasteiger partial charge on any atom is -0.481 e. The number of hydrogen-bond acceptors (Lipinski definition) is 4. The van der Waals surface area contributed by atoms with E-state index in [0.717, 1.165) is 0 Å². The Morgan fingerprint density at radius 3 is 2.84 bits per heavy atom. The molecule has 1 heterocycles. The van der Waals surface area contributed by atoms with Crippen LogP contribution in [0.15, 0.2) is 0 Å². The molecule has 1 fully saturated rings. The third kappa shape index (κ3) is 8.02. The number of halogens is 3. The van der Waals surface area contributed by atoms with Gasteiger partial charge in [0.25, 0.3) is 0 Å². The van der Waals surface area contributed by atoms with E-state index in [-0.39, 0.29) is 19.1 Å². The zero-order chi connectivity index (χ0) is 14.3. The molecule has 1 aliphatic rings. The molecule has 1 unspecified atom stereocenters. The van der Waals surface area contributed by atoms with Crippen LogP contribution in [-0.4, -0.2) is 67.7 Å². The molecule has 0 saturated carbocycles. The lowest BCUT2D eigenvalue weighted by molar-refractivity contribution is -0.174. The van der Waals surface area contributed by atoms with Crippen LogP contribution in [0.25, 0.3) is 0 Å². The third-order valence-corrected chi connectivity index (χ3v) is 2.65. The molecule has 19 heavy (non-hydrogen) atoms. The molecule has 1 N–H and O–H groups in total. The fraction of sp³-hybridized carbons (Fsp3) is 0.909. The molecular formula is C11H18F3NO4. The summed E-state index contributed by atoms with van der Waals surface area (Å²) in [4.78, 5) is 12.5. The lowest BCUT2D eigenvalue weighted by Gasteiger charge is -2.32. The second kappa shape index (κ2) is 7.66. The van der Waals surface area contributed by atoms with Gasteiger partial charge < -0.3 is 14.6 Å². The highest BCUT2D eigenvalue weighted by Crippen LogP contribution is 2.14. The van der Waals surface area contributed by atoms with Gasteiger partial charge in [-0.15, -0.1) is 0 Å². The Bertz CT molecular complexity index is 286. The first kappa shape index (κ1) is 16.2. The fourth-order valence-electron chi connectivity index (χ4n) is 1.88. The van der Waals surface area contributed by atoms with Gasteiger partial charge in [-0.05, 0) is 6.42 Å². The summed E-state index contributed by atoms with van der Waals surface area (Å²) in [5.74, 6) is -0.916. The van der Waals surface area contributed by atoms with E-state index < -0.39 is 18.8 Å². The number of aliphatic carboxylic acids is 1. The van der Waals surface area contributed by atoms with Crippen LogP contribution in [0.5, 0.6) is 0 Å². The number of rotatable bonds is 7. The van der Waals surface area contributed by atoms with Crippen molar-refractivity contribution in [3.05, 3.63) is 0 Å².